The molecule has 0 aliphatic rings. The normalized spacial score (nSPS) is 11.7. The van der Waals surface area contributed by atoms with Crippen molar-refractivity contribution >= 4 is 64.4 Å². The SMILES string of the molecule is c1ccc(-c2nc(-c3ccc(-c4cccc5c4sc4ccccc45)cc3)cc(-c3ccc4oc5c(-c6ccccc6)nc6ccccc6c5c4c3)n2)cc1. The Morgan fingerprint density at radius 3 is 1.89 bits per heavy atom. The van der Waals surface area contributed by atoms with Crippen molar-refractivity contribution in [2.24, 2.45) is 0 Å². The number of hydrogen-bond acceptors (Lipinski definition) is 5. The maximum atomic E-state index is 6.62. The summed E-state index contributed by atoms with van der Waals surface area (Å²) < 4.78 is 9.24. The molecule has 5 heteroatoms. The molecular weight excluding hydrogens is 679 g/mol. The number of benzene rings is 7. The summed E-state index contributed by atoms with van der Waals surface area (Å²) in [7, 11) is 0. The van der Waals surface area contributed by atoms with Crippen LogP contribution < -0.4 is 0 Å². The van der Waals surface area contributed by atoms with Crippen molar-refractivity contribution < 1.29 is 4.42 Å². The number of fused-ring (bicyclic) bond motifs is 8. The van der Waals surface area contributed by atoms with E-state index >= 15 is 0 Å². The van der Waals surface area contributed by atoms with Gasteiger partial charge in [0.2, 0.25) is 0 Å². The standard InChI is InChI=1S/C49H29N3OS/c1-3-12-32(13-4-1)46-47-45(38-17-7-9-20-40(38)50-46)39-28-34(26-27-43(39)53-47)42-29-41(51-49(52-42)33-14-5-2-6-15-33)31-24-22-30(23-25-31)35-18-11-19-37-36-16-8-10-21-44(36)54-48(35)37/h1-29H. The van der Waals surface area contributed by atoms with Crippen molar-refractivity contribution in [2.75, 3.05) is 0 Å². The summed E-state index contributed by atoms with van der Waals surface area (Å²) in [6, 6.07) is 61.3. The quantitative estimate of drug-likeness (QED) is 0.179. The lowest BCUT2D eigenvalue weighted by atomic mass is 9.99. The van der Waals surface area contributed by atoms with Gasteiger partial charge in [-0.05, 0) is 47.5 Å². The van der Waals surface area contributed by atoms with Crippen LogP contribution in [0.2, 0.25) is 0 Å². The second-order valence-corrected chi connectivity index (χ2v) is 14.6. The van der Waals surface area contributed by atoms with Gasteiger partial charge in [-0.3, -0.25) is 0 Å². The average molecular weight is 708 g/mol. The molecule has 0 amide bonds. The fourth-order valence-corrected chi connectivity index (χ4v) is 8.93. The van der Waals surface area contributed by atoms with E-state index in [-0.39, 0.29) is 0 Å². The minimum absolute atomic E-state index is 0.681. The molecular formula is C49H29N3OS. The van der Waals surface area contributed by atoms with Crippen molar-refractivity contribution in [3.05, 3.63) is 176 Å². The zero-order valence-electron chi connectivity index (χ0n) is 28.9. The predicted molar refractivity (Wildman–Crippen MR) is 225 cm³/mol. The summed E-state index contributed by atoms with van der Waals surface area (Å²) in [6.45, 7) is 0. The molecule has 0 bridgehead atoms. The van der Waals surface area contributed by atoms with Crippen molar-refractivity contribution in [1.29, 1.82) is 0 Å². The van der Waals surface area contributed by atoms with E-state index in [9.17, 15) is 0 Å². The van der Waals surface area contributed by atoms with Gasteiger partial charge in [0.05, 0.1) is 16.9 Å². The van der Waals surface area contributed by atoms with Crippen molar-refractivity contribution in [1.82, 2.24) is 15.0 Å². The van der Waals surface area contributed by atoms with Gasteiger partial charge in [0.1, 0.15) is 11.3 Å². The van der Waals surface area contributed by atoms with Gasteiger partial charge in [0, 0.05) is 58.6 Å². The number of pyridine rings is 1. The van der Waals surface area contributed by atoms with Crippen LogP contribution in [0, 0.1) is 0 Å². The highest BCUT2D eigenvalue weighted by atomic mass is 32.1. The Kier molecular flexibility index (Phi) is 7.00. The summed E-state index contributed by atoms with van der Waals surface area (Å²) in [6.07, 6.45) is 0. The summed E-state index contributed by atoms with van der Waals surface area (Å²) in [5, 5.41) is 5.74. The summed E-state index contributed by atoms with van der Waals surface area (Å²) in [5.41, 5.74) is 11.5. The molecule has 0 fully saturated rings. The van der Waals surface area contributed by atoms with Crippen LogP contribution in [-0.2, 0) is 0 Å². The minimum Gasteiger partial charge on any atom is -0.454 e. The molecule has 11 aromatic rings. The number of thiophene rings is 1. The number of para-hydroxylation sites is 1. The van der Waals surface area contributed by atoms with Gasteiger partial charge >= 0.3 is 0 Å². The third-order valence-electron chi connectivity index (χ3n) is 10.3. The van der Waals surface area contributed by atoms with E-state index in [2.05, 4.69) is 133 Å². The molecule has 54 heavy (non-hydrogen) atoms. The van der Waals surface area contributed by atoms with Crippen LogP contribution in [0.15, 0.2) is 180 Å². The van der Waals surface area contributed by atoms with E-state index < -0.39 is 0 Å². The molecule has 0 N–H and O–H groups in total. The molecule has 252 valence electrons. The lowest BCUT2D eigenvalue weighted by Gasteiger charge is -2.11. The number of rotatable bonds is 5. The van der Waals surface area contributed by atoms with Crippen molar-refractivity contribution in [3.63, 3.8) is 0 Å². The monoisotopic (exact) mass is 707 g/mol. The van der Waals surface area contributed by atoms with Crippen LogP contribution in [0.25, 0.3) is 109 Å². The fourth-order valence-electron chi connectivity index (χ4n) is 7.69. The Labute approximate surface area is 314 Å². The van der Waals surface area contributed by atoms with E-state index in [4.69, 9.17) is 19.4 Å². The van der Waals surface area contributed by atoms with Crippen LogP contribution in [0.3, 0.4) is 0 Å². The molecule has 0 saturated heterocycles. The number of aromatic nitrogens is 3. The third-order valence-corrected chi connectivity index (χ3v) is 11.5. The molecule has 4 heterocycles. The van der Waals surface area contributed by atoms with Crippen LogP contribution >= 0.6 is 11.3 Å². The van der Waals surface area contributed by atoms with Crippen molar-refractivity contribution in [2.45, 2.75) is 0 Å². The Morgan fingerprint density at radius 2 is 1.07 bits per heavy atom. The Balaban J connectivity index is 1.07. The van der Waals surface area contributed by atoms with E-state index in [0.717, 1.165) is 72.2 Å². The van der Waals surface area contributed by atoms with Crippen LogP contribution in [0.1, 0.15) is 0 Å². The molecule has 0 saturated carbocycles. The second kappa shape index (κ2) is 12.3. The maximum absolute atomic E-state index is 6.62. The predicted octanol–water partition coefficient (Wildman–Crippen LogP) is 13.6. The van der Waals surface area contributed by atoms with Crippen LogP contribution in [0.5, 0.6) is 0 Å². The first kappa shape index (κ1) is 30.7. The minimum atomic E-state index is 0.681. The molecule has 11 rings (SSSR count). The smallest absolute Gasteiger partial charge is 0.162 e. The molecule has 4 nitrogen and oxygen atoms in total. The van der Waals surface area contributed by atoms with E-state index in [1.54, 1.807) is 0 Å². The second-order valence-electron chi connectivity index (χ2n) is 13.5. The highest BCUT2D eigenvalue weighted by molar-refractivity contribution is 7.26. The summed E-state index contributed by atoms with van der Waals surface area (Å²) in [5.74, 6) is 0.681. The summed E-state index contributed by atoms with van der Waals surface area (Å²) in [4.78, 5) is 15.4. The van der Waals surface area contributed by atoms with Gasteiger partial charge < -0.3 is 4.42 Å². The van der Waals surface area contributed by atoms with Crippen molar-refractivity contribution in [3.8, 4) is 56.3 Å². The first-order chi connectivity index (χ1) is 26.7. The average Bonchev–Trinajstić information content (AvgIpc) is 3.83. The zero-order valence-corrected chi connectivity index (χ0v) is 29.7. The van der Waals surface area contributed by atoms with Gasteiger partial charge in [-0.1, -0.05) is 140 Å². The largest absolute Gasteiger partial charge is 0.454 e. The lowest BCUT2D eigenvalue weighted by molar-refractivity contribution is 0.669. The van der Waals surface area contributed by atoms with E-state index in [1.165, 1.54) is 31.3 Å². The molecule has 7 aromatic carbocycles. The Hall–Kier alpha value is -6.95. The van der Waals surface area contributed by atoms with Crippen LogP contribution in [0.4, 0.5) is 0 Å². The Morgan fingerprint density at radius 1 is 0.426 bits per heavy atom. The molecule has 0 spiro atoms. The highest BCUT2D eigenvalue weighted by Crippen LogP contribution is 2.42. The third kappa shape index (κ3) is 5.01. The van der Waals surface area contributed by atoms with Gasteiger partial charge in [0.25, 0.3) is 0 Å². The van der Waals surface area contributed by atoms with Gasteiger partial charge in [-0.25, -0.2) is 15.0 Å². The lowest BCUT2D eigenvalue weighted by Crippen LogP contribution is -1.96. The number of furan rings is 1. The molecule has 0 aliphatic heterocycles. The van der Waals surface area contributed by atoms with E-state index in [1.807, 2.05) is 53.8 Å². The van der Waals surface area contributed by atoms with Crippen LogP contribution in [-0.4, -0.2) is 15.0 Å². The Bertz CT molecular complexity index is 3200. The highest BCUT2D eigenvalue weighted by Gasteiger charge is 2.19. The van der Waals surface area contributed by atoms with E-state index in [0.29, 0.717) is 5.82 Å². The first-order valence-electron chi connectivity index (χ1n) is 18.0. The number of nitrogens with zero attached hydrogens (tertiary/aromatic N) is 3. The first-order valence-corrected chi connectivity index (χ1v) is 18.8. The molecule has 0 radical (unpaired) electrons. The fraction of sp³-hybridized carbons (Fsp3) is 0. The summed E-state index contributed by atoms with van der Waals surface area (Å²) >= 11 is 1.85. The topological polar surface area (TPSA) is 51.8 Å². The maximum Gasteiger partial charge on any atom is 0.162 e. The van der Waals surface area contributed by atoms with Gasteiger partial charge in [-0.15, -0.1) is 11.3 Å². The van der Waals surface area contributed by atoms with Gasteiger partial charge in [0.15, 0.2) is 11.4 Å². The molecule has 0 unspecified atom stereocenters. The molecule has 0 atom stereocenters. The number of hydrogen-bond donors (Lipinski definition) is 0. The van der Waals surface area contributed by atoms with Gasteiger partial charge in [-0.2, -0.15) is 0 Å². The molecule has 4 aromatic heterocycles. The molecule has 0 aliphatic carbocycles. The zero-order chi connectivity index (χ0) is 35.6.